The molecule has 0 aromatic heterocycles. The molecule has 5 heteroatoms. The van der Waals surface area contributed by atoms with Gasteiger partial charge in [-0.1, -0.05) is 44.9 Å². The minimum atomic E-state index is -2.36. The zero-order valence-electron chi connectivity index (χ0n) is 8.67. The average molecular weight is 278 g/mol. The third-order valence-corrected chi connectivity index (χ3v) is 12.0. The van der Waals surface area contributed by atoms with Crippen molar-refractivity contribution in [3.05, 3.63) is 0 Å². The molecule has 0 heterocycles. The highest BCUT2D eigenvalue weighted by Crippen LogP contribution is 2.34. The second kappa shape index (κ2) is 6.01. The molecule has 0 aliphatic heterocycles. The third kappa shape index (κ3) is 5.68. The molecule has 0 saturated carbocycles. The highest BCUT2D eigenvalue weighted by Gasteiger charge is 2.32. The summed E-state index contributed by atoms with van der Waals surface area (Å²) >= 11 is 17.7. The van der Waals surface area contributed by atoms with E-state index in [1.54, 1.807) is 0 Å². The lowest BCUT2D eigenvalue weighted by Crippen LogP contribution is -2.32. The zero-order valence-corrected chi connectivity index (χ0v) is 12.9. The van der Waals surface area contributed by atoms with Crippen molar-refractivity contribution < 1.29 is 0 Å². The van der Waals surface area contributed by atoms with Crippen LogP contribution in [0, 0.1) is 0 Å². The summed E-state index contributed by atoms with van der Waals surface area (Å²) in [4.78, 5) is 0. The van der Waals surface area contributed by atoms with Gasteiger partial charge in [-0.15, -0.1) is 33.2 Å². The van der Waals surface area contributed by atoms with Gasteiger partial charge >= 0.3 is 6.00 Å². The second-order valence-corrected chi connectivity index (χ2v) is 18.6. The first-order valence-corrected chi connectivity index (χ1v) is 13.0. The molecule has 0 aromatic rings. The van der Waals surface area contributed by atoms with E-state index in [1.807, 2.05) is 0 Å². The Kier molecular flexibility index (Phi) is 6.61. The Balaban J connectivity index is 4.11. The van der Waals surface area contributed by atoms with Gasteiger partial charge < -0.3 is 0 Å². The second-order valence-electron chi connectivity index (χ2n) is 3.68. The van der Waals surface area contributed by atoms with Crippen LogP contribution in [-0.2, 0) is 0 Å². The summed E-state index contributed by atoms with van der Waals surface area (Å²) in [7, 11) is -1.05. The van der Waals surface area contributed by atoms with Gasteiger partial charge in [0.2, 0.25) is 0 Å². The molecule has 0 saturated heterocycles. The highest BCUT2D eigenvalue weighted by molar-refractivity contribution is 7.64. The molecule has 0 aliphatic rings. The van der Waals surface area contributed by atoms with Crippen molar-refractivity contribution in [1.82, 2.24) is 0 Å². The van der Waals surface area contributed by atoms with Gasteiger partial charge in [0.1, 0.15) is 0 Å². The van der Waals surface area contributed by atoms with Crippen molar-refractivity contribution in [1.29, 1.82) is 0 Å². The van der Waals surface area contributed by atoms with E-state index in [2.05, 4.69) is 20.8 Å². The summed E-state index contributed by atoms with van der Waals surface area (Å²) < 4.78 is 0. The van der Waals surface area contributed by atoms with Crippen molar-refractivity contribution in [2.24, 2.45) is 0 Å². The van der Waals surface area contributed by atoms with E-state index in [-0.39, 0.29) is 0 Å². The lowest BCUT2D eigenvalue weighted by molar-refractivity contribution is 1.11. The van der Waals surface area contributed by atoms with Crippen LogP contribution >= 0.6 is 33.2 Å². The van der Waals surface area contributed by atoms with Crippen LogP contribution < -0.4 is 0 Å². The molecular weight excluding hydrogens is 259 g/mol. The zero-order chi connectivity index (χ0) is 10.5. The van der Waals surface area contributed by atoms with E-state index < -0.39 is 14.1 Å². The van der Waals surface area contributed by atoms with Gasteiger partial charge in [-0.3, -0.25) is 0 Å². The Hall–Kier alpha value is 1.30. The number of halogens is 3. The van der Waals surface area contributed by atoms with Crippen molar-refractivity contribution in [2.45, 2.75) is 51.0 Å². The molecule has 0 N–H and O–H groups in total. The molecule has 0 aliphatic carbocycles. The topological polar surface area (TPSA) is 0 Å². The van der Waals surface area contributed by atoms with Crippen LogP contribution in [-0.4, -0.2) is 14.1 Å². The summed E-state index contributed by atoms with van der Waals surface area (Å²) in [6.07, 6.45) is 0. The smallest absolute Gasteiger partial charge is 0.126 e. The van der Waals surface area contributed by atoms with Crippen LogP contribution in [0.1, 0.15) is 20.8 Å². The molecule has 0 bridgehead atoms. The number of rotatable bonds is 6. The molecule has 13 heavy (non-hydrogen) atoms. The maximum Gasteiger partial charge on any atom is 0.341 e. The molecule has 0 spiro atoms. The molecule has 0 atom stereocenters. The largest absolute Gasteiger partial charge is 0.341 e. The Morgan fingerprint density at radius 1 is 0.769 bits per heavy atom. The third-order valence-electron chi connectivity index (χ3n) is 3.19. The molecule has 0 nitrogen and oxygen atoms in total. The monoisotopic (exact) mass is 276 g/mol. The number of hydrogen-bond acceptors (Lipinski definition) is 0. The molecular formula is C8H19Cl3Si2. The van der Waals surface area contributed by atoms with E-state index in [9.17, 15) is 0 Å². The number of hydrogen-bond donors (Lipinski definition) is 0. The quantitative estimate of drug-likeness (QED) is 0.465. The lowest BCUT2D eigenvalue weighted by Gasteiger charge is -2.28. The van der Waals surface area contributed by atoms with E-state index in [1.165, 1.54) is 24.2 Å². The predicted molar refractivity (Wildman–Crippen MR) is 70.1 cm³/mol. The Morgan fingerprint density at radius 2 is 1.15 bits per heavy atom. The van der Waals surface area contributed by atoms with Gasteiger partial charge in [-0.2, -0.15) is 0 Å². The maximum atomic E-state index is 5.90. The van der Waals surface area contributed by atoms with Crippen molar-refractivity contribution in [3.63, 3.8) is 0 Å². The van der Waals surface area contributed by atoms with Gasteiger partial charge in [-0.25, -0.2) is 0 Å². The molecule has 0 amide bonds. The van der Waals surface area contributed by atoms with Crippen molar-refractivity contribution in [3.8, 4) is 0 Å². The van der Waals surface area contributed by atoms with Crippen LogP contribution in [0.2, 0.25) is 30.2 Å². The van der Waals surface area contributed by atoms with Gasteiger partial charge in [0.15, 0.2) is 0 Å². The van der Waals surface area contributed by atoms with Gasteiger partial charge in [0.05, 0.1) is 8.07 Å². The molecule has 0 radical (unpaired) electrons. The molecule has 80 valence electrons. The fourth-order valence-corrected chi connectivity index (χ4v) is 10.1. The molecule has 0 rings (SSSR count). The van der Waals surface area contributed by atoms with E-state index in [4.69, 9.17) is 33.2 Å². The average Bonchev–Trinajstić information content (AvgIpc) is 2.06. The van der Waals surface area contributed by atoms with Crippen molar-refractivity contribution in [2.75, 3.05) is 0 Å². The highest BCUT2D eigenvalue weighted by atomic mass is 35.8. The molecule has 0 aromatic carbocycles. The van der Waals surface area contributed by atoms with Gasteiger partial charge in [-0.05, 0) is 6.04 Å². The molecule has 0 fully saturated rings. The predicted octanol–water partition coefficient (Wildman–Crippen LogP) is 5.15. The first-order chi connectivity index (χ1) is 5.89. The summed E-state index contributed by atoms with van der Waals surface area (Å²) in [6.45, 7) is 6.87. The first kappa shape index (κ1) is 14.3. The Labute approximate surface area is 98.1 Å². The molecule has 0 unspecified atom stereocenters. The standard InChI is InChI=1S/C8H19Cl3Si2/c1-4-12(5-2,6-3)7-8-13(9,10)11/h4-8H2,1-3H3. The summed E-state index contributed by atoms with van der Waals surface area (Å²) in [6, 6.07) is 3.69. The lowest BCUT2D eigenvalue weighted by atomic mass is 10.9. The summed E-state index contributed by atoms with van der Waals surface area (Å²) in [5, 5.41) is 0. The first-order valence-electron chi connectivity index (χ1n) is 4.96. The normalized spacial score (nSPS) is 13.4. The van der Waals surface area contributed by atoms with Crippen LogP contribution in [0.4, 0.5) is 0 Å². The van der Waals surface area contributed by atoms with E-state index >= 15 is 0 Å². The minimum absolute atomic E-state index is 0.861. The van der Waals surface area contributed by atoms with Crippen LogP contribution in [0.3, 0.4) is 0 Å². The van der Waals surface area contributed by atoms with E-state index in [0.717, 1.165) is 6.04 Å². The van der Waals surface area contributed by atoms with Crippen LogP contribution in [0.15, 0.2) is 0 Å². The Bertz CT molecular complexity index is 133. The SMILES string of the molecule is CC[Si](CC)(CC)CC[Si](Cl)(Cl)Cl. The van der Waals surface area contributed by atoms with Crippen molar-refractivity contribution >= 4 is 47.3 Å². The van der Waals surface area contributed by atoms with Crippen LogP contribution in [0.5, 0.6) is 0 Å². The van der Waals surface area contributed by atoms with E-state index in [0.29, 0.717) is 0 Å². The Morgan fingerprint density at radius 3 is 1.38 bits per heavy atom. The maximum absolute atomic E-state index is 5.90. The van der Waals surface area contributed by atoms with Crippen LogP contribution in [0.25, 0.3) is 0 Å². The van der Waals surface area contributed by atoms with Gasteiger partial charge in [0.25, 0.3) is 0 Å². The fourth-order valence-electron chi connectivity index (χ4n) is 1.69. The minimum Gasteiger partial charge on any atom is -0.126 e. The fraction of sp³-hybridized carbons (Fsp3) is 1.00. The summed E-state index contributed by atoms with van der Waals surface area (Å²) in [5.41, 5.74) is 0. The van der Waals surface area contributed by atoms with Gasteiger partial charge in [0, 0.05) is 0 Å². The summed E-state index contributed by atoms with van der Waals surface area (Å²) in [5.74, 6) is 0.